The van der Waals surface area contributed by atoms with Crippen molar-refractivity contribution in [1.82, 2.24) is 0 Å². The molecular weight excluding hydrogens is 108 g/mol. The van der Waals surface area contributed by atoms with Crippen molar-refractivity contribution in [2.45, 2.75) is 33.1 Å². The van der Waals surface area contributed by atoms with Gasteiger partial charge in [0.05, 0.1) is 0 Å². The second-order valence-corrected chi connectivity index (χ2v) is 2.46. The molecule has 0 N–H and O–H groups in total. The summed E-state index contributed by atoms with van der Waals surface area (Å²) in [4.78, 5) is 0. The maximum absolute atomic E-state index is 3.80. The van der Waals surface area contributed by atoms with Crippen LogP contribution in [0.3, 0.4) is 0 Å². The summed E-state index contributed by atoms with van der Waals surface area (Å²) in [5.41, 5.74) is 0. The molecule has 0 aliphatic carbocycles. The van der Waals surface area contributed by atoms with E-state index in [-0.39, 0.29) is 0 Å². The number of allylic oxidation sites excluding steroid dienone is 2. The number of hydrogen-bond acceptors (Lipinski definition) is 0. The Bertz CT molecular complexity index is 72.1. The normalized spacial score (nSPS) is 14.6. The first-order valence-corrected chi connectivity index (χ1v) is 3.77. The van der Waals surface area contributed by atoms with E-state index in [1.54, 1.807) is 0 Å². The third-order valence-corrected chi connectivity index (χ3v) is 1.36. The van der Waals surface area contributed by atoms with Gasteiger partial charge in [-0.1, -0.05) is 39.3 Å². The largest absolute Gasteiger partial charge is 0.0885 e. The van der Waals surface area contributed by atoms with E-state index < -0.39 is 0 Å². The second kappa shape index (κ2) is 5.87. The summed E-state index contributed by atoms with van der Waals surface area (Å²) in [6.45, 7) is 8.19. The molecule has 0 heterocycles. The Morgan fingerprint density at radius 2 is 2.22 bits per heavy atom. The fraction of sp³-hybridized carbons (Fsp3) is 0.667. The van der Waals surface area contributed by atoms with E-state index in [4.69, 9.17) is 0 Å². The minimum absolute atomic E-state index is 0.724. The summed E-state index contributed by atoms with van der Waals surface area (Å²) in [7, 11) is 0. The van der Waals surface area contributed by atoms with Crippen LogP contribution < -0.4 is 0 Å². The molecule has 1 unspecified atom stereocenters. The van der Waals surface area contributed by atoms with Gasteiger partial charge in [-0.15, -0.1) is 0 Å². The zero-order valence-corrected chi connectivity index (χ0v) is 6.56. The highest BCUT2D eigenvalue weighted by Crippen LogP contribution is 2.05. The lowest BCUT2D eigenvalue weighted by Gasteiger charge is -2.00. The molecular formula is C9H17. The summed E-state index contributed by atoms with van der Waals surface area (Å²) < 4.78 is 0. The highest BCUT2D eigenvalue weighted by Gasteiger charge is 1.91. The minimum atomic E-state index is 0.724. The molecule has 0 aromatic rings. The molecule has 0 aromatic heterocycles. The van der Waals surface area contributed by atoms with Gasteiger partial charge in [-0.2, -0.15) is 0 Å². The molecule has 9 heavy (non-hydrogen) atoms. The maximum atomic E-state index is 3.80. The van der Waals surface area contributed by atoms with Crippen molar-refractivity contribution in [3.8, 4) is 0 Å². The predicted octanol–water partition coefficient (Wildman–Crippen LogP) is 3.20. The van der Waals surface area contributed by atoms with Gasteiger partial charge >= 0.3 is 0 Å². The molecule has 0 rings (SSSR count). The van der Waals surface area contributed by atoms with Crippen molar-refractivity contribution in [3.63, 3.8) is 0 Å². The van der Waals surface area contributed by atoms with Gasteiger partial charge in [0, 0.05) is 0 Å². The van der Waals surface area contributed by atoms with Gasteiger partial charge in [-0.05, 0) is 18.8 Å². The molecule has 53 valence electrons. The van der Waals surface area contributed by atoms with Gasteiger partial charge in [0.15, 0.2) is 0 Å². The molecule has 0 fully saturated rings. The molecule has 1 atom stereocenters. The molecule has 0 nitrogen and oxygen atoms in total. The van der Waals surface area contributed by atoms with Crippen LogP contribution in [0, 0.1) is 12.8 Å². The lowest BCUT2D eigenvalue weighted by Crippen LogP contribution is -1.86. The Morgan fingerprint density at radius 1 is 1.56 bits per heavy atom. The fourth-order valence-electron chi connectivity index (χ4n) is 0.787. The van der Waals surface area contributed by atoms with Crippen LogP contribution in [-0.2, 0) is 0 Å². The maximum Gasteiger partial charge on any atom is -0.0262 e. The van der Waals surface area contributed by atoms with E-state index in [1.807, 2.05) is 0 Å². The van der Waals surface area contributed by atoms with Crippen LogP contribution in [0.1, 0.15) is 33.1 Å². The molecule has 0 amide bonds. The fourth-order valence-corrected chi connectivity index (χ4v) is 0.787. The lowest BCUT2D eigenvalue weighted by atomic mass is 10.1. The molecule has 0 heteroatoms. The monoisotopic (exact) mass is 125 g/mol. The van der Waals surface area contributed by atoms with Crippen molar-refractivity contribution in [3.05, 3.63) is 19.1 Å². The molecule has 0 saturated carbocycles. The topological polar surface area (TPSA) is 0 Å². The van der Waals surface area contributed by atoms with Gasteiger partial charge in [0.2, 0.25) is 0 Å². The average molecular weight is 125 g/mol. The van der Waals surface area contributed by atoms with Gasteiger partial charge < -0.3 is 0 Å². The lowest BCUT2D eigenvalue weighted by molar-refractivity contribution is 0.654. The van der Waals surface area contributed by atoms with Gasteiger partial charge in [0.1, 0.15) is 0 Å². The molecule has 0 aliphatic rings. The SMILES string of the molecule is [CH2]CCC(C)/C=C/CC. The zero-order valence-electron chi connectivity index (χ0n) is 6.56. The third-order valence-electron chi connectivity index (χ3n) is 1.36. The highest BCUT2D eigenvalue weighted by molar-refractivity contribution is 4.85. The molecule has 0 saturated heterocycles. The van der Waals surface area contributed by atoms with E-state index >= 15 is 0 Å². The van der Waals surface area contributed by atoms with Crippen molar-refractivity contribution in [2.75, 3.05) is 0 Å². The van der Waals surface area contributed by atoms with Crippen LogP contribution in [-0.4, -0.2) is 0 Å². The summed E-state index contributed by atoms with van der Waals surface area (Å²) >= 11 is 0. The van der Waals surface area contributed by atoms with Gasteiger partial charge in [-0.25, -0.2) is 0 Å². The average Bonchev–Trinajstić information content (AvgIpc) is 1.85. The summed E-state index contributed by atoms with van der Waals surface area (Å²) in [5, 5.41) is 0. The van der Waals surface area contributed by atoms with Crippen LogP contribution in [0.25, 0.3) is 0 Å². The second-order valence-electron chi connectivity index (χ2n) is 2.46. The van der Waals surface area contributed by atoms with Crippen LogP contribution in [0.15, 0.2) is 12.2 Å². The van der Waals surface area contributed by atoms with E-state index in [2.05, 4.69) is 32.9 Å². The first kappa shape index (κ1) is 8.74. The van der Waals surface area contributed by atoms with Gasteiger partial charge in [-0.3, -0.25) is 0 Å². The highest BCUT2D eigenvalue weighted by atomic mass is 14.0. The van der Waals surface area contributed by atoms with Crippen molar-refractivity contribution in [2.24, 2.45) is 5.92 Å². The standard InChI is InChI=1S/C9H17/c1-4-6-8-9(3)7-5-2/h6,8-9H,2,4-5,7H2,1,3H3/b8-6+. The van der Waals surface area contributed by atoms with Gasteiger partial charge in [0.25, 0.3) is 0 Å². The van der Waals surface area contributed by atoms with Crippen LogP contribution in [0.4, 0.5) is 0 Å². The Balaban J connectivity index is 3.25. The van der Waals surface area contributed by atoms with Crippen LogP contribution in [0.2, 0.25) is 0 Å². The molecule has 0 aliphatic heterocycles. The molecule has 0 spiro atoms. The predicted molar refractivity (Wildman–Crippen MR) is 43.2 cm³/mol. The number of hydrogen-bond donors (Lipinski definition) is 0. The van der Waals surface area contributed by atoms with E-state index in [0.29, 0.717) is 0 Å². The van der Waals surface area contributed by atoms with E-state index in [1.165, 1.54) is 6.42 Å². The smallest absolute Gasteiger partial charge is 0.0262 e. The third kappa shape index (κ3) is 5.61. The van der Waals surface area contributed by atoms with Crippen LogP contribution >= 0.6 is 0 Å². The number of rotatable bonds is 4. The first-order valence-electron chi connectivity index (χ1n) is 3.77. The van der Waals surface area contributed by atoms with Crippen molar-refractivity contribution >= 4 is 0 Å². The Morgan fingerprint density at radius 3 is 2.67 bits per heavy atom. The molecule has 1 radical (unpaired) electrons. The van der Waals surface area contributed by atoms with E-state index in [0.717, 1.165) is 18.8 Å². The summed E-state index contributed by atoms with van der Waals surface area (Å²) in [6, 6.07) is 0. The Kier molecular flexibility index (Phi) is 5.70. The molecule has 0 aromatic carbocycles. The first-order chi connectivity index (χ1) is 4.31. The summed E-state index contributed by atoms with van der Waals surface area (Å²) in [6.07, 6.45) is 7.92. The molecule has 0 bridgehead atoms. The van der Waals surface area contributed by atoms with E-state index in [9.17, 15) is 0 Å². The van der Waals surface area contributed by atoms with Crippen molar-refractivity contribution < 1.29 is 0 Å². The van der Waals surface area contributed by atoms with Crippen molar-refractivity contribution in [1.29, 1.82) is 0 Å². The summed E-state index contributed by atoms with van der Waals surface area (Å²) in [5.74, 6) is 0.724. The quantitative estimate of drug-likeness (QED) is 0.506. The minimum Gasteiger partial charge on any atom is -0.0885 e. The van der Waals surface area contributed by atoms with Crippen LogP contribution in [0.5, 0.6) is 0 Å². The Labute approximate surface area is 59.0 Å². The zero-order chi connectivity index (χ0) is 7.11. The Hall–Kier alpha value is -0.260.